The highest BCUT2D eigenvalue weighted by Crippen LogP contribution is 2.22. The maximum absolute atomic E-state index is 12.1. The van der Waals surface area contributed by atoms with Crippen molar-refractivity contribution < 1.29 is 9.59 Å². The fourth-order valence-electron chi connectivity index (χ4n) is 1.99. The molecule has 1 aromatic rings. The maximum Gasteiger partial charge on any atom is 0.331 e. The van der Waals surface area contributed by atoms with Gasteiger partial charge in [0.2, 0.25) is 0 Å². The van der Waals surface area contributed by atoms with Crippen LogP contribution in [0.5, 0.6) is 0 Å². The summed E-state index contributed by atoms with van der Waals surface area (Å²) in [6.07, 6.45) is 0.724. The summed E-state index contributed by atoms with van der Waals surface area (Å²) >= 11 is 4.10. The minimum Gasteiger partial charge on any atom is -0.285 e. The van der Waals surface area contributed by atoms with Crippen molar-refractivity contribution in [1.29, 1.82) is 0 Å². The van der Waals surface area contributed by atoms with Crippen LogP contribution >= 0.6 is 12.6 Å². The molecule has 1 heterocycles. The molecule has 1 aliphatic heterocycles. The summed E-state index contributed by atoms with van der Waals surface area (Å²) in [5.41, 5.74) is 1.85. The standard InChI is InChI=1S/C13H16N2O2S/c1-10-4-2-5-11(8-10)15-9-12(16)14(13(15)17)6-3-7-18/h2,4-5,8,18H,3,6-7,9H2,1H3. The number of thiol groups is 1. The molecule has 0 aliphatic carbocycles. The van der Waals surface area contributed by atoms with Crippen molar-refractivity contribution in [3.05, 3.63) is 29.8 Å². The lowest BCUT2D eigenvalue weighted by Crippen LogP contribution is -2.34. The number of carbonyl (C=O) groups excluding carboxylic acids is 2. The molecule has 0 N–H and O–H groups in total. The number of hydrogen-bond acceptors (Lipinski definition) is 3. The zero-order valence-corrected chi connectivity index (χ0v) is 11.2. The summed E-state index contributed by atoms with van der Waals surface area (Å²) in [5, 5.41) is 0. The quantitative estimate of drug-likeness (QED) is 0.668. The minimum absolute atomic E-state index is 0.134. The van der Waals surface area contributed by atoms with Gasteiger partial charge in [-0.25, -0.2) is 4.79 Å². The van der Waals surface area contributed by atoms with Gasteiger partial charge in [0.05, 0.1) is 0 Å². The number of rotatable bonds is 4. The van der Waals surface area contributed by atoms with Gasteiger partial charge in [0.15, 0.2) is 0 Å². The van der Waals surface area contributed by atoms with E-state index in [1.165, 1.54) is 9.80 Å². The van der Waals surface area contributed by atoms with Crippen LogP contribution < -0.4 is 4.90 Å². The third-order valence-corrected chi connectivity index (χ3v) is 3.23. The van der Waals surface area contributed by atoms with Gasteiger partial charge < -0.3 is 0 Å². The van der Waals surface area contributed by atoms with Gasteiger partial charge in [-0.1, -0.05) is 12.1 Å². The van der Waals surface area contributed by atoms with E-state index in [9.17, 15) is 9.59 Å². The van der Waals surface area contributed by atoms with E-state index in [2.05, 4.69) is 12.6 Å². The minimum atomic E-state index is -0.229. The van der Waals surface area contributed by atoms with Crippen LogP contribution in [0.2, 0.25) is 0 Å². The average Bonchev–Trinajstić information content (AvgIpc) is 2.63. The Balaban J connectivity index is 2.17. The molecule has 0 radical (unpaired) electrons. The second-order valence-corrected chi connectivity index (χ2v) is 4.78. The van der Waals surface area contributed by atoms with Crippen molar-refractivity contribution in [3.63, 3.8) is 0 Å². The summed E-state index contributed by atoms with van der Waals surface area (Å²) in [7, 11) is 0. The fourth-order valence-corrected chi connectivity index (χ4v) is 2.13. The van der Waals surface area contributed by atoms with E-state index in [0.717, 1.165) is 17.7 Å². The molecule has 3 amide bonds. The Morgan fingerprint density at radius 3 is 2.78 bits per heavy atom. The number of imide groups is 1. The normalized spacial score (nSPS) is 15.7. The van der Waals surface area contributed by atoms with Gasteiger partial charge in [-0.15, -0.1) is 0 Å². The molecular formula is C13H16N2O2S. The lowest BCUT2D eigenvalue weighted by Gasteiger charge is -2.17. The first-order valence-electron chi connectivity index (χ1n) is 5.93. The fraction of sp³-hybridized carbons (Fsp3) is 0.385. The van der Waals surface area contributed by atoms with Crippen LogP contribution in [-0.2, 0) is 4.79 Å². The molecule has 4 nitrogen and oxygen atoms in total. The topological polar surface area (TPSA) is 40.6 Å². The van der Waals surface area contributed by atoms with E-state index >= 15 is 0 Å². The number of urea groups is 1. The van der Waals surface area contributed by atoms with Gasteiger partial charge in [-0.05, 0) is 36.8 Å². The molecule has 0 saturated carbocycles. The van der Waals surface area contributed by atoms with Crippen molar-refractivity contribution >= 4 is 30.3 Å². The Labute approximate surface area is 112 Å². The molecule has 0 unspecified atom stereocenters. The highest BCUT2D eigenvalue weighted by atomic mass is 32.1. The molecule has 5 heteroatoms. The molecule has 0 atom stereocenters. The highest BCUT2D eigenvalue weighted by Gasteiger charge is 2.36. The number of amides is 3. The zero-order chi connectivity index (χ0) is 13.1. The van der Waals surface area contributed by atoms with E-state index < -0.39 is 0 Å². The highest BCUT2D eigenvalue weighted by molar-refractivity contribution is 7.80. The maximum atomic E-state index is 12.1. The second-order valence-electron chi connectivity index (χ2n) is 4.33. The van der Waals surface area contributed by atoms with Crippen molar-refractivity contribution in [2.45, 2.75) is 13.3 Å². The predicted molar refractivity (Wildman–Crippen MR) is 74.1 cm³/mol. The van der Waals surface area contributed by atoms with E-state index in [1.54, 1.807) is 0 Å². The number of aryl methyl sites for hydroxylation is 1. The number of benzene rings is 1. The Morgan fingerprint density at radius 2 is 2.11 bits per heavy atom. The number of hydrogen-bond donors (Lipinski definition) is 1. The van der Waals surface area contributed by atoms with Crippen LogP contribution in [-0.4, -0.2) is 35.7 Å². The average molecular weight is 264 g/mol. The van der Waals surface area contributed by atoms with Crippen LogP contribution in [0.1, 0.15) is 12.0 Å². The molecule has 1 aromatic carbocycles. The van der Waals surface area contributed by atoms with Crippen molar-refractivity contribution in [3.8, 4) is 0 Å². The van der Waals surface area contributed by atoms with Crippen LogP contribution in [0.3, 0.4) is 0 Å². The van der Waals surface area contributed by atoms with Crippen LogP contribution in [0.4, 0.5) is 10.5 Å². The second kappa shape index (κ2) is 5.44. The van der Waals surface area contributed by atoms with E-state index in [4.69, 9.17) is 0 Å². The largest absolute Gasteiger partial charge is 0.331 e. The third kappa shape index (κ3) is 2.51. The first-order chi connectivity index (χ1) is 8.63. The summed E-state index contributed by atoms with van der Waals surface area (Å²) in [6.45, 7) is 2.54. The Bertz CT molecular complexity index is 476. The SMILES string of the molecule is Cc1cccc(N2CC(=O)N(CCCS)C2=O)c1. The summed E-state index contributed by atoms with van der Waals surface area (Å²) in [6, 6.07) is 7.38. The van der Waals surface area contributed by atoms with E-state index in [-0.39, 0.29) is 18.5 Å². The molecule has 1 aliphatic rings. The molecular weight excluding hydrogens is 248 g/mol. The van der Waals surface area contributed by atoms with E-state index in [1.807, 2.05) is 31.2 Å². The smallest absolute Gasteiger partial charge is 0.285 e. The van der Waals surface area contributed by atoms with Gasteiger partial charge in [0, 0.05) is 12.2 Å². The monoisotopic (exact) mass is 264 g/mol. The summed E-state index contributed by atoms with van der Waals surface area (Å²) in [4.78, 5) is 26.8. The molecule has 0 bridgehead atoms. The number of nitrogens with zero attached hydrogens (tertiary/aromatic N) is 2. The molecule has 18 heavy (non-hydrogen) atoms. The third-order valence-electron chi connectivity index (χ3n) is 2.91. The van der Waals surface area contributed by atoms with Crippen molar-refractivity contribution in [2.75, 3.05) is 23.7 Å². The zero-order valence-electron chi connectivity index (χ0n) is 10.3. The van der Waals surface area contributed by atoms with Crippen molar-refractivity contribution in [2.24, 2.45) is 0 Å². The summed E-state index contributed by atoms with van der Waals surface area (Å²) in [5.74, 6) is 0.532. The number of anilines is 1. The predicted octanol–water partition coefficient (Wildman–Crippen LogP) is 2.08. The first-order valence-corrected chi connectivity index (χ1v) is 6.56. The molecule has 96 valence electrons. The van der Waals surface area contributed by atoms with Gasteiger partial charge in [0.25, 0.3) is 5.91 Å². The summed E-state index contributed by atoms with van der Waals surface area (Å²) < 4.78 is 0. The van der Waals surface area contributed by atoms with Crippen LogP contribution in [0.25, 0.3) is 0 Å². The van der Waals surface area contributed by atoms with Gasteiger partial charge in [0.1, 0.15) is 6.54 Å². The lowest BCUT2D eigenvalue weighted by atomic mass is 10.2. The first kappa shape index (κ1) is 13.0. The Kier molecular flexibility index (Phi) is 3.91. The molecule has 1 fully saturated rings. The number of carbonyl (C=O) groups is 2. The Hall–Kier alpha value is -1.49. The molecule has 1 saturated heterocycles. The van der Waals surface area contributed by atoms with Crippen molar-refractivity contribution in [1.82, 2.24) is 4.90 Å². The van der Waals surface area contributed by atoms with Crippen LogP contribution in [0.15, 0.2) is 24.3 Å². The van der Waals surface area contributed by atoms with Gasteiger partial charge >= 0.3 is 6.03 Å². The Morgan fingerprint density at radius 1 is 1.33 bits per heavy atom. The van der Waals surface area contributed by atoms with E-state index in [0.29, 0.717) is 12.3 Å². The van der Waals surface area contributed by atoms with Crippen LogP contribution in [0, 0.1) is 6.92 Å². The lowest BCUT2D eigenvalue weighted by molar-refractivity contribution is -0.124. The molecule has 2 rings (SSSR count). The van der Waals surface area contributed by atoms with Gasteiger partial charge in [-0.3, -0.25) is 14.6 Å². The van der Waals surface area contributed by atoms with Gasteiger partial charge in [-0.2, -0.15) is 12.6 Å². The molecule has 0 spiro atoms. The molecule has 0 aromatic heterocycles.